The van der Waals surface area contributed by atoms with Gasteiger partial charge in [-0.1, -0.05) is 23.4 Å². The molecule has 19 heavy (non-hydrogen) atoms. The fourth-order valence-electron chi connectivity index (χ4n) is 2.02. The van der Waals surface area contributed by atoms with Crippen molar-refractivity contribution in [3.63, 3.8) is 0 Å². The molecule has 0 saturated heterocycles. The van der Waals surface area contributed by atoms with Crippen molar-refractivity contribution in [2.24, 2.45) is 16.2 Å². The molecule has 2 heterocycles. The Kier molecular flexibility index (Phi) is 2.68. The van der Waals surface area contributed by atoms with Gasteiger partial charge in [-0.3, -0.25) is 0 Å². The summed E-state index contributed by atoms with van der Waals surface area (Å²) in [7, 11) is 0. The van der Waals surface area contributed by atoms with Crippen LogP contribution in [-0.4, -0.2) is 27.1 Å². The zero-order chi connectivity index (χ0) is 13.3. The first-order valence-electron chi connectivity index (χ1n) is 5.98. The third-order valence-electron chi connectivity index (χ3n) is 2.87. The Bertz CT molecular complexity index is 591. The molecule has 2 aromatic rings. The van der Waals surface area contributed by atoms with E-state index in [9.17, 15) is 0 Å². The van der Waals surface area contributed by atoms with Crippen LogP contribution >= 0.6 is 0 Å². The first kappa shape index (κ1) is 11.7. The number of hydrogen-bond donors (Lipinski definition) is 2. The van der Waals surface area contributed by atoms with Gasteiger partial charge in [-0.25, -0.2) is 15.6 Å². The van der Waals surface area contributed by atoms with Crippen LogP contribution in [-0.2, 0) is 0 Å². The second-order valence-corrected chi connectivity index (χ2v) is 4.70. The van der Waals surface area contributed by atoms with Crippen LogP contribution in [0, 0.1) is 0 Å². The van der Waals surface area contributed by atoms with Crippen molar-refractivity contribution in [2.45, 2.75) is 12.6 Å². The molecule has 0 fully saturated rings. The van der Waals surface area contributed by atoms with Crippen LogP contribution in [0.25, 0.3) is 5.69 Å². The van der Waals surface area contributed by atoms with Crippen LogP contribution in [0.1, 0.15) is 6.92 Å². The van der Waals surface area contributed by atoms with E-state index in [-0.39, 0.29) is 0 Å². The number of aromatic nitrogens is 2. The fraction of sp³-hybridized carbons (Fsp3) is 0.250. The minimum Gasteiger partial charge on any atom is -0.356 e. The smallest absolute Gasteiger partial charge is 0.170 e. The van der Waals surface area contributed by atoms with E-state index in [0.717, 1.165) is 11.4 Å². The highest BCUT2D eigenvalue weighted by Crippen LogP contribution is 2.22. The molecule has 1 atom stereocenters. The van der Waals surface area contributed by atoms with E-state index in [1.165, 1.54) is 5.12 Å². The second-order valence-electron chi connectivity index (χ2n) is 4.70. The Labute approximate surface area is 110 Å². The molecule has 1 aliphatic heterocycles. The predicted molar refractivity (Wildman–Crippen MR) is 71.3 cm³/mol. The molecule has 1 aromatic carbocycles. The molecule has 3 rings (SSSR count). The number of hydrogen-bond acceptors (Lipinski definition) is 6. The van der Waals surface area contributed by atoms with Crippen LogP contribution in [0.2, 0.25) is 0 Å². The van der Waals surface area contributed by atoms with E-state index in [0.29, 0.717) is 6.54 Å². The number of nitrogens with two attached hydrogens (primary N) is 1. The Morgan fingerprint density at radius 1 is 1.32 bits per heavy atom. The Hall–Kier alpha value is -2.41. The quantitative estimate of drug-likeness (QED) is 0.817. The normalized spacial score (nSPS) is 21.9. The maximum Gasteiger partial charge on any atom is 0.170 e. The molecular formula is C12H15N7. The third kappa shape index (κ3) is 2.41. The predicted octanol–water partition coefficient (Wildman–Crippen LogP) is 1.56. The lowest BCUT2D eigenvalue weighted by Gasteiger charge is -2.20. The van der Waals surface area contributed by atoms with Crippen molar-refractivity contribution < 1.29 is 0 Å². The molecule has 0 saturated carbocycles. The summed E-state index contributed by atoms with van der Waals surface area (Å²) in [4.78, 5) is 0. The lowest BCUT2D eigenvalue weighted by atomic mass is 10.2. The summed E-state index contributed by atoms with van der Waals surface area (Å²) in [6.45, 7) is 2.45. The van der Waals surface area contributed by atoms with Gasteiger partial charge < -0.3 is 5.32 Å². The van der Waals surface area contributed by atoms with Crippen LogP contribution in [0.3, 0.4) is 0 Å². The number of hydrazine groups is 1. The monoisotopic (exact) mass is 257 g/mol. The van der Waals surface area contributed by atoms with Crippen molar-refractivity contribution in [3.8, 4) is 5.69 Å². The van der Waals surface area contributed by atoms with Gasteiger partial charge >= 0.3 is 0 Å². The molecule has 7 nitrogen and oxygen atoms in total. The number of nitrogens with one attached hydrogen (secondary N) is 1. The molecule has 3 N–H and O–H groups in total. The third-order valence-corrected chi connectivity index (χ3v) is 2.87. The van der Waals surface area contributed by atoms with Crippen molar-refractivity contribution in [2.75, 3.05) is 11.9 Å². The van der Waals surface area contributed by atoms with Gasteiger partial charge in [0.2, 0.25) is 0 Å². The first-order valence-corrected chi connectivity index (χ1v) is 5.98. The molecule has 1 aliphatic rings. The summed E-state index contributed by atoms with van der Waals surface area (Å²) in [5, 5.41) is 16.8. The molecule has 0 aliphatic carbocycles. The lowest BCUT2D eigenvalue weighted by molar-refractivity contribution is 0.305. The Morgan fingerprint density at radius 2 is 2.11 bits per heavy atom. The average molecular weight is 257 g/mol. The lowest BCUT2D eigenvalue weighted by Crippen LogP contribution is -2.40. The van der Waals surface area contributed by atoms with E-state index in [4.69, 9.17) is 5.84 Å². The van der Waals surface area contributed by atoms with E-state index < -0.39 is 5.66 Å². The van der Waals surface area contributed by atoms with Crippen molar-refractivity contribution in [1.82, 2.24) is 14.9 Å². The van der Waals surface area contributed by atoms with E-state index in [2.05, 4.69) is 20.8 Å². The molecule has 1 unspecified atom stereocenters. The van der Waals surface area contributed by atoms with Crippen molar-refractivity contribution in [1.29, 1.82) is 0 Å². The molecule has 98 valence electrons. The second kappa shape index (κ2) is 4.36. The molecule has 0 bridgehead atoms. The summed E-state index contributed by atoms with van der Waals surface area (Å²) in [5.74, 6) is 5.57. The summed E-state index contributed by atoms with van der Waals surface area (Å²) in [5.41, 5.74) is 1.37. The number of rotatable bonds is 3. The van der Waals surface area contributed by atoms with Gasteiger partial charge in [-0.15, -0.1) is 5.11 Å². The van der Waals surface area contributed by atoms with Gasteiger partial charge in [-0.05, 0) is 19.1 Å². The molecule has 0 spiro atoms. The standard InChI is InChI=1S/C12H15N7/c1-12(9-19(13)17-16-12)15-10-7-14-18(8-10)11-5-3-2-4-6-11/h2-8,15H,9,13H2,1H3. The van der Waals surface area contributed by atoms with Crippen molar-refractivity contribution >= 4 is 5.69 Å². The topological polar surface area (TPSA) is 83.8 Å². The van der Waals surface area contributed by atoms with Crippen LogP contribution in [0.4, 0.5) is 5.69 Å². The number of para-hydroxylation sites is 1. The maximum atomic E-state index is 5.57. The minimum atomic E-state index is -0.515. The van der Waals surface area contributed by atoms with Gasteiger partial charge in [0.15, 0.2) is 5.66 Å². The van der Waals surface area contributed by atoms with Gasteiger partial charge in [-0.2, -0.15) is 5.10 Å². The molecule has 0 amide bonds. The zero-order valence-corrected chi connectivity index (χ0v) is 10.6. The molecule has 7 heteroatoms. The Balaban J connectivity index is 1.78. The van der Waals surface area contributed by atoms with E-state index >= 15 is 0 Å². The number of nitrogens with zero attached hydrogens (tertiary/aromatic N) is 5. The van der Waals surface area contributed by atoms with E-state index in [1.54, 1.807) is 10.9 Å². The fourth-order valence-corrected chi connectivity index (χ4v) is 2.02. The van der Waals surface area contributed by atoms with Gasteiger partial charge in [0, 0.05) is 0 Å². The Morgan fingerprint density at radius 3 is 2.79 bits per heavy atom. The van der Waals surface area contributed by atoms with Crippen molar-refractivity contribution in [3.05, 3.63) is 42.7 Å². The zero-order valence-electron chi connectivity index (χ0n) is 10.6. The van der Waals surface area contributed by atoms with Gasteiger partial charge in [0.1, 0.15) is 0 Å². The SMILES string of the molecule is CC1(Nc2cnn(-c3ccccc3)c2)CN(N)N=N1. The number of anilines is 1. The van der Waals surface area contributed by atoms with Gasteiger partial charge in [0.05, 0.1) is 30.3 Å². The number of benzene rings is 1. The average Bonchev–Trinajstić information content (AvgIpc) is 2.98. The summed E-state index contributed by atoms with van der Waals surface area (Å²) < 4.78 is 1.80. The first-order chi connectivity index (χ1) is 9.15. The molecule has 0 radical (unpaired) electrons. The van der Waals surface area contributed by atoms with Crippen LogP contribution in [0.5, 0.6) is 0 Å². The summed E-state index contributed by atoms with van der Waals surface area (Å²) in [6, 6.07) is 9.92. The highest BCUT2D eigenvalue weighted by atomic mass is 15.7. The summed E-state index contributed by atoms with van der Waals surface area (Å²) >= 11 is 0. The largest absolute Gasteiger partial charge is 0.356 e. The van der Waals surface area contributed by atoms with E-state index in [1.807, 2.05) is 43.5 Å². The van der Waals surface area contributed by atoms with Crippen LogP contribution in [0.15, 0.2) is 53.1 Å². The summed E-state index contributed by atoms with van der Waals surface area (Å²) in [6.07, 6.45) is 3.67. The highest BCUT2D eigenvalue weighted by Gasteiger charge is 2.31. The van der Waals surface area contributed by atoms with Gasteiger partial charge in [0.25, 0.3) is 0 Å². The van der Waals surface area contributed by atoms with Crippen LogP contribution < -0.4 is 11.2 Å². The minimum absolute atomic E-state index is 0.515. The highest BCUT2D eigenvalue weighted by molar-refractivity contribution is 5.44. The maximum absolute atomic E-state index is 5.57. The molecular weight excluding hydrogens is 242 g/mol. The molecule has 1 aromatic heterocycles.